The first-order chi connectivity index (χ1) is 18.4. The molecule has 1 unspecified atom stereocenters. The van der Waals surface area contributed by atoms with Gasteiger partial charge in [0.2, 0.25) is 0 Å². The summed E-state index contributed by atoms with van der Waals surface area (Å²) >= 11 is 0. The van der Waals surface area contributed by atoms with E-state index in [0.29, 0.717) is 6.42 Å². The number of unbranched alkanes of at least 4 members (excludes halogenated alkanes) is 3. The molecular formula is C32H55NO5Si. The lowest BCUT2D eigenvalue weighted by Gasteiger charge is -2.39. The number of hydrogen-bond donors (Lipinski definition) is 0. The first-order valence-electron chi connectivity index (χ1n) is 14.8. The van der Waals surface area contributed by atoms with Gasteiger partial charge < -0.3 is 23.5 Å². The van der Waals surface area contributed by atoms with Crippen LogP contribution >= 0.6 is 0 Å². The van der Waals surface area contributed by atoms with Gasteiger partial charge in [-0.1, -0.05) is 71.2 Å². The van der Waals surface area contributed by atoms with Crippen LogP contribution in [-0.2, 0) is 23.4 Å². The number of hydrogen-bond acceptors (Lipinski definition) is 6. The van der Waals surface area contributed by atoms with Gasteiger partial charge >= 0.3 is 5.97 Å². The second kappa shape index (κ2) is 15.4. The molecule has 0 amide bonds. The fraction of sp³-hybridized carbons (Fsp3) is 0.719. The zero-order chi connectivity index (χ0) is 29.1. The third-order valence-corrected chi connectivity index (χ3v) is 13.2. The Kier molecular flexibility index (Phi) is 13.2. The van der Waals surface area contributed by atoms with Gasteiger partial charge in [-0.3, -0.25) is 4.79 Å². The summed E-state index contributed by atoms with van der Waals surface area (Å²) in [5, 5.41) is 0.176. The van der Waals surface area contributed by atoms with Crippen LogP contribution in [0.1, 0.15) is 97.1 Å². The Labute approximate surface area is 239 Å². The fourth-order valence-electron chi connectivity index (χ4n) is 5.11. The standard InChI is InChI=1S/C32H55NO5Si/c1-10-11-14-17-28(38-39(8,9)31(2,3)4)26-20-22-27(23-21-26)33-25-24-32(36-6,37-7)29(33)18-15-12-13-16-19-30(34)35-5/h12,15,20-23,28-29H,10-11,13-14,16-19,24-25H2,1-9H3/t28?,29-/m0/s1. The molecule has 1 saturated heterocycles. The van der Waals surface area contributed by atoms with E-state index in [-0.39, 0.29) is 23.2 Å². The molecule has 6 nitrogen and oxygen atoms in total. The van der Waals surface area contributed by atoms with Gasteiger partial charge in [-0.25, -0.2) is 0 Å². The SMILES string of the molecule is CCCCCC(O[Si](C)(C)C(C)(C)C)c1ccc(N2CCC(OC)(OC)[C@@H]2CC=CCCCC(=O)OC)cc1. The lowest BCUT2D eigenvalue weighted by Crippen LogP contribution is -2.47. The molecule has 0 radical (unpaired) electrons. The predicted molar refractivity (Wildman–Crippen MR) is 164 cm³/mol. The third kappa shape index (κ3) is 9.17. The number of methoxy groups -OCH3 is 3. The van der Waals surface area contributed by atoms with Crippen LogP contribution in [0.4, 0.5) is 5.69 Å². The average molecular weight is 562 g/mol. The molecule has 0 aromatic heterocycles. The van der Waals surface area contributed by atoms with Crippen molar-refractivity contribution in [3.05, 3.63) is 42.0 Å². The Bertz CT molecular complexity index is 889. The number of nitrogens with zero attached hydrogens (tertiary/aromatic N) is 1. The Morgan fingerprint density at radius 1 is 1.08 bits per heavy atom. The van der Waals surface area contributed by atoms with Crippen molar-refractivity contribution in [1.29, 1.82) is 0 Å². The highest BCUT2D eigenvalue weighted by Crippen LogP contribution is 2.42. The van der Waals surface area contributed by atoms with Crippen LogP contribution in [0.5, 0.6) is 0 Å². The molecule has 0 saturated carbocycles. The fourth-order valence-corrected chi connectivity index (χ4v) is 6.43. The lowest BCUT2D eigenvalue weighted by atomic mass is 10.0. The van der Waals surface area contributed by atoms with Crippen molar-refractivity contribution in [1.82, 2.24) is 0 Å². The minimum absolute atomic E-state index is 0.0547. The molecule has 1 aliphatic heterocycles. The molecule has 2 rings (SSSR count). The normalized spacial score (nSPS) is 18.6. The summed E-state index contributed by atoms with van der Waals surface area (Å²) < 4.78 is 23.6. The molecule has 0 bridgehead atoms. The van der Waals surface area contributed by atoms with Gasteiger partial charge in [0.15, 0.2) is 14.1 Å². The number of rotatable bonds is 16. The maximum atomic E-state index is 11.4. The Hall–Kier alpha value is -1.67. The highest BCUT2D eigenvalue weighted by molar-refractivity contribution is 6.74. The highest BCUT2D eigenvalue weighted by atomic mass is 28.4. The van der Waals surface area contributed by atoms with E-state index in [2.05, 4.69) is 82.1 Å². The van der Waals surface area contributed by atoms with Crippen molar-refractivity contribution in [3.8, 4) is 0 Å². The van der Waals surface area contributed by atoms with E-state index < -0.39 is 14.1 Å². The molecule has 1 aliphatic rings. The quantitative estimate of drug-likeness (QED) is 0.0667. The summed E-state index contributed by atoms with van der Waals surface area (Å²) in [5.74, 6) is -0.808. The van der Waals surface area contributed by atoms with Crippen molar-refractivity contribution < 1.29 is 23.4 Å². The average Bonchev–Trinajstić information content (AvgIpc) is 3.28. The number of benzene rings is 1. The first kappa shape index (κ1) is 33.5. The van der Waals surface area contributed by atoms with Crippen molar-refractivity contribution >= 4 is 20.0 Å². The number of ether oxygens (including phenoxy) is 3. The van der Waals surface area contributed by atoms with E-state index in [1.807, 2.05) is 0 Å². The number of allylic oxidation sites excluding steroid dienone is 1. The predicted octanol–water partition coefficient (Wildman–Crippen LogP) is 8.19. The van der Waals surface area contributed by atoms with E-state index in [9.17, 15) is 4.79 Å². The van der Waals surface area contributed by atoms with Crippen molar-refractivity contribution in [2.45, 2.75) is 122 Å². The molecule has 0 aliphatic carbocycles. The van der Waals surface area contributed by atoms with Gasteiger partial charge in [-0.05, 0) is 61.5 Å². The summed E-state index contributed by atoms with van der Waals surface area (Å²) in [6, 6.07) is 9.06. The van der Waals surface area contributed by atoms with Crippen LogP contribution in [-0.4, -0.2) is 54.0 Å². The monoisotopic (exact) mass is 561 g/mol. The van der Waals surface area contributed by atoms with E-state index in [1.54, 1.807) is 14.2 Å². The molecule has 2 atom stereocenters. The Balaban J connectivity index is 2.20. The zero-order valence-corrected chi connectivity index (χ0v) is 27.2. The molecule has 222 valence electrons. The largest absolute Gasteiger partial charge is 0.469 e. The molecule has 0 N–H and O–H groups in total. The minimum Gasteiger partial charge on any atom is -0.469 e. The summed E-state index contributed by atoms with van der Waals surface area (Å²) in [4.78, 5) is 13.8. The summed E-state index contributed by atoms with van der Waals surface area (Å²) in [5.41, 5.74) is 2.45. The van der Waals surface area contributed by atoms with E-state index in [1.165, 1.54) is 37.6 Å². The van der Waals surface area contributed by atoms with Crippen LogP contribution in [0.25, 0.3) is 0 Å². The van der Waals surface area contributed by atoms with Gasteiger partial charge in [0.1, 0.15) is 0 Å². The van der Waals surface area contributed by atoms with Crippen molar-refractivity contribution in [2.24, 2.45) is 0 Å². The Morgan fingerprint density at radius 2 is 1.74 bits per heavy atom. The van der Waals surface area contributed by atoms with Crippen LogP contribution in [0.15, 0.2) is 36.4 Å². The molecule has 0 spiro atoms. The topological polar surface area (TPSA) is 57.2 Å². The Morgan fingerprint density at radius 3 is 2.31 bits per heavy atom. The molecule has 1 heterocycles. The number of anilines is 1. The van der Waals surface area contributed by atoms with Crippen molar-refractivity contribution in [2.75, 3.05) is 32.8 Å². The molecule has 1 fully saturated rings. The molecular weight excluding hydrogens is 506 g/mol. The third-order valence-electron chi connectivity index (χ3n) is 8.69. The second-order valence-electron chi connectivity index (χ2n) is 12.3. The highest BCUT2D eigenvalue weighted by Gasteiger charge is 2.48. The van der Waals surface area contributed by atoms with E-state index in [0.717, 1.165) is 38.6 Å². The maximum absolute atomic E-state index is 11.4. The number of carbonyl (C=O) groups excluding carboxylic acids is 1. The first-order valence-corrected chi connectivity index (χ1v) is 17.7. The van der Waals surface area contributed by atoms with Gasteiger partial charge in [-0.15, -0.1) is 0 Å². The summed E-state index contributed by atoms with van der Waals surface area (Å²) in [7, 11) is 3.01. The molecule has 39 heavy (non-hydrogen) atoms. The van der Waals surface area contributed by atoms with E-state index >= 15 is 0 Å². The smallest absolute Gasteiger partial charge is 0.305 e. The van der Waals surface area contributed by atoms with E-state index in [4.69, 9.17) is 18.6 Å². The number of esters is 1. The van der Waals surface area contributed by atoms with Gasteiger partial charge in [-0.2, -0.15) is 0 Å². The zero-order valence-electron chi connectivity index (χ0n) is 26.2. The van der Waals surface area contributed by atoms with Gasteiger partial charge in [0, 0.05) is 39.3 Å². The van der Waals surface area contributed by atoms with Crippen LogP contribution < -0.4 is 4.90 Å². The second-order valence-corrected chi connectivity index (χ2v) is 17.1. The molecule has 1 aromatic rings. The minimum atomic E-state index is -1.90. The van der Waals surface area contributed by atoms with Crippen molar-refractivity contribution in [3.63, 3.8) is 0 Å². The lowest BCUT2D eigenvalue weighted by molar-refractivity contribution is -0.208. The van der Waals surface area contributed by atoms with Gasteiger partial charge in [0.25, 0.3) is 0 Å². The summed E-state index contributed by atoms with van der Waals surface area (Å²) in [6.07, 6.45) is 12.8. The van der Waals surface area contributed by atoms with Crippen LogP contribution in [0.2, 0.25) is 18.1 Å². The van der Waals surface area contributed by atoms with Crippen LogP contribution in [0.3, 0.4) is 0 Å². The maximum Gasteiger partial charge on any atom is 0.305 e. The van der Waals surface area contributed by atoms with Crippen LogP contribution in [0, 0.1) is 0 Å². The number of carbonyl (C=O) groups is 1. The molecule has 7 heteroatoms. The summed E-state index contributed by atoms with van der Waals surface area (Å²) in [6.45, 7) is 14.7. The van der Waals surface area contributed by atoms with Gasteiger partial charge in [0.05, 0.1) is 19.3 Å². The molecule has 1 aromatic carbocycles.